The number of carbonyl (C=O) groups is 1. The average Bonchev–Trinajstić information content (AvgIpc) is 2.80. The van der Waals surface area contributed by atoms with E-state index in [9.17, 15) is 9.59 Å². The molecule has 0 aliphatic heterocycles. The van der Waals surface area contributed by atoms with E-state index in [2.05, 4.69) is 4.98 Å². The average molecular weight is 431 g/mol. The summed E-state index contributed by atoms with van der Waals surface area (Å²) in [7, 11) is 3.04. The second kappa shape index (κ2) is 8.55. The van der Waals surface area contributed by atoms with Gasteiger partial charge in [-0.1, -0.05) is 6.07 Å². The molecule has 4 rings (SSSR count). The monoisotopic (exact) mass is 431 g/mol. The SMILES string of the molecule is COc1ccc(-c2oc3cc(C)cc(C)c3c(=O)c2OC(=O)c2cccnc2)cc1OC. The maximum atomic E-state index is 13.5. The summed E-state index contributed by atoms with van der Waals surface area (Å²) in [5.74, 6) is 0.158. The topological polar surface area (TPSA) is 87.9 Å². The summed E-state index contributed by atoms with van der Waals surface area (Å²) < 4.78 is 22.4. The smallest absolute Gasteiger partial charge is 0.345 e. The molecule has 2 heterocycles. The summed E-state index contributed by atoms with van der Waals surface area (Å²) in [6.07, 6.45) is 2.91. The molecule has 0 saturated heterocycles. The van der Waals surface area contributed by atoms with Crippen LogP contribution in [0.4, 0.5) is 0 Å². The molecule has 0 spiro atoms. The van der Waals surface area contributed by atoms with E-state index in [0.717, 1.165) is 11.1 Å². The van der Waals surface area contributed by atoms with E-state index >= 15 is 0 Å². The van der Waals surface area contributed by atoms with E-state index < -0.39 is 11.4 Å². The van der Waals surface area contributed by atoms with Gasteiger partial charge in [0.1, 0.15) is 5.58 Å². The van der Waals surface area contributed by atoms with E-state index in [1.165, 1.54) is 20.4 Å². The Balaban J connectivity index is 1.97. The van der Waals surface area contributed by atoms with Gasteiger partial charge < -0.3 is 18.6 Å². The van der Waals surface area contributed by atoms with Crippen LogP contribution in [-0.2, 0) is 0 Å². The fourth-order valence-electron chi connectivity index (χ4n) is 3.57. The Bertz CT molecular complexity index is 1380. The van der Waals surface area contributed by atoms with Crippen LogP contribution in [0.3, 0.4) is 0 Å². The largest absolute Gasteiger partial charge is 0.493 e. The number of nitrogens with zero attached hydrogens (tertiary/aromatic N) is 1. The van der Waals surface area contributed by atoms with Gasteiger partial charge in [-0.15, -0.1) is 0 Å². The van der Waals surface area contributed by atoms with E-state index in [1.807, 2.05) is 19.9 Å². The molecule has 0 bridgehead atoms. The van der Waals surface area contributed by atoms with Crippen molar-refractivity contribution >= 4 is 16.9 Å². The molecular formula is C25H21NO6. The molecule has 0 atom stereocenters. The number of pyridine rings is 1. The van der Waals surface area contributed by atoms with Gasteiger partial charge in [-0.3, -0.25) is 9.78 Å². The van der Waals surface area contributed by atoms with Crippen molar-refractivity contribution in [3.05, 3.63) is 81.8 Å². The minimum Gasteiger partial charge on any atom is -0.493 e. The van der Waals surface area contributed by atoms with Gasteiger partial charge >= 0.3 is 5.97 Å². The highest BCUT2D eigenvalue weighted by Gasteiger charge is 2.23. The normalized spacial score (nSPS) is 10.8. The summed E-state index contributed by atoms with van der Waals surface area (Å²) >= 11 is 0. The number of benzene rings is 2. The summed E-state index contributed by atoms with van der Waals surface area (Å²) in [5, 5.41) is 0.355. The molecule has 7 heteroatoms. The number of fused-ring (bicyclic) bond motifs is 1. The van der Waals surface area contributed by atoms with Crippen LogP contribution in [0.2, 0.25) is 0 Å². The standard InChI is InChI=1S/C25H21NO6/c1-14-10-15(2)21-20(11-14)31-23(16-7-8-18(29-3)19(12-16)30-4)24(22(21)27)32-25(28)17-6-5-9-26-13-17/h5-13H,1-4H3. The number of carbonyl (C=O) groups excluding carboxylic acids is 1. The number of hydrogen-bond acceptors (Lipinski definition) is 7. The first-order valence-corrected chi connectivity index (χ1v) is 9.85. The van der Waals surface area contributed by atoms with Crippen LogP contribution in [0.5, 0.6) is 17.2 Å². The predicted octanol–water partition coefficient (Wildman–Crippen LogP) is 4.71. The fraction of sp³-hybridized carbons (Fsp3) is 0.160. The minimum atomic E-state index is -0.712. The molecule has 0 fully saturated rings. The molecule has 0 aliphatic rings. The van der Waals surface area contributed by atoms with E-state index in [1.54, 1.807) is 42.6 Å². The number of ether oxygens (including phenoxy) is 3. The van der Waals surface area contributed by atoms with Gasteiger partial charge in [-0.05, 0) is 61.4 Å². The highest BCUT2D eigenvalue weighted by Crippen LogP contribution is 2.37. The lowest BCUT2D eigenvalue weighted by molar-refractivity contribution is 0.0731. The first kappa shape index (κ1) is 21.1. The molecule has 4 aromatic rings. The minimum absolute atomic E-state index is 0.116. The van der Waals surface area contributed by atoms with Crippen molar-refractivity contribution in [3.8, 4) is 28.6 Å². The molecule has 0 amide bonds. The van der Waals surface area contributed by atoms with Crippen LogP contribution in [0.25, 0.3) is 22.3 Å². The second-order valence-electron chi connectivity index (χ2n) is 7.25. The zero-order valence-electron chi connectivity index (χ0n) is 18.1. The summed E-state index contributed by atoms with van der Waals surface area (Å²) in [4.78, 5) is 30.2. The van der Waals surface area contributed by atoms with Crippen molar-refractivity contribution in [1.29, 1.82) is 0 Å². The van der Waals surface area contributed by atoms with Gasteiger partial charge in [0.2, 0.25) is 11.2 Å². The van der Waals surface area contributed by atoms with Crippen LogP contribution >= 0.6 is 0 Å². The molecule has 7 nitrogen and oxygen atoms in total. The number of aryl methyl sites for hydroxylation is 2. The first-order chi connectivity index (χ1) is 15.4. The van der Waals surface area contributed by atoms with Gasteiger partial charge in [0, 0.05) is 18.0 Å². The van der Waals surface area contributed by atoms with E-state index in [-0.39, 0.29) is 17.1 Å². The second-order valence-corrected chi connectivity index (χ2v) is 7.25. The number of rotatable bonds is 5. The van der Waals surface area contributed by atoms with Gasteiger partial charge in [0.15, 0.2) is 17.3 Å². The maximum absolute atomic E-state index is 13.5. The Labute approximate surface area is 184 Å². The molecule has 0 radical (unpaired) electrons. The van der Waals surface area contributed by atoms with E-state index in [4.69, 9.17) is 18.6 Å². The van der Waals surface area contributed by atoms with Crippen LogP contribution < -0.4 is 19.6 Å². The van der Waals surface area contributed by atoms with Crippen molar-refractivity contribution in [2.75, 3.05) is 14.2 Å². The van der Waals surface area contributed by atoms with Gasteiger partial charge in [0.05, 0.1) is 25.2 Å². The number of hydrogen-bond donors (Lipinski definition) is 0. The van der Waals surface area contributed by atoms with Crippen molar-refractivity contribution < 1.29 is 23.4 Å². The first-order valence-electron chi connectivity index (χ1n) is 9.85. The van der Waals surface area contributed by atoms with Crippen molar-refractivity contribution in [2.45, 2.75) is 13.8 Å². The third kappa shape index (κ3) is 3.80. The van der Waals surface area contributed by atoms with Crippen molar-refractivity contribution in [1.82, 2.24) is 4.98 Å². The highest BCUT2D eigenvalue weighted by molar-refractivity contribution is 5.93. The van der Waals surface area contributed by atoms with Gasteiger partial charge in [-0.25, -0.2) is 4.79 Å². The zero-order chi connectivity index (χ0) is 22.8. The van der Waals surface area contributed by atoms with E-state index in [0.29, 0.717) is 28.0 Å². The molecule has 0 N–H and O–H groups in total. The Morgan fingerprint density at radius 2 is 1.78 bits per heavy atom. The predicted molar refractivity (Wildman–Crippen MR) is 120 cm³/mol. The highest BCUT2D eigenvalue weighted by atomic mass is 16.5. The molecule has 0 saturated carbocycles. The Morgan fingerprint density at radius 1 is 1.00 bits per heavy atom. The van der Waals surface area contributed by atoms with Crippen molar-refractivity contribution in [3.63, 3.8) is 0 Å². The molecule has 0 aliphatic carbocycles. The maximum Gasteiger partial charge on any atom is 0.345 e. The quantitative estimate of drug-likeness (QED) is 0.423. The van der Waals surface area contributed by atoms with Crippen LogP contribution in [-0.4, -0.2) is 25.2 Å². The lowest BCUT2D eigenvalue weighted by Crippen LogP contribution is -2.17. The zero-order valence-corrected chi connectivity index (χ0v) is 18.1. The van der Waals surface area contributed by atoms with Crippen LogP contribution in [0.15, 0.2) is 64.1 Å². The third-order valence-electron chi connectivity index (χ3n) is 5.03. The van der Waals surface area contributed by atoms with Gasteiger partial charge in [0.25, 0.3) is 0 Å². The Hall–Kier alpha value is -4.13. The number of esters is 1. The Morgan fingerprint density at radius 3 is 2.47 bits per heavy atom. The summed E-state index contributed by atoms with van der Waals surface area (Å²) in [5.41, 5.74) is 2.34. The molecular weight excluding hydrogens is 410 g/mol. The molecule has 2 aromatic carbocycles. The fourth-order valence-corrected chi connectivity index (χ4v) is 3.57. The Kier molecular flexibility index (Phi) is 5.64. The van der Waals surface area contributed by atoms with Crippen LogP contribution in [0, 0.1) is 13.8 Å². The summed E-state index contributed by atoms with van der Waals surface area (Å²) in [6, 6.07) is 11.9. The third-order valence-corrected chi connectivity index (χ3v) is 5.03. The van der Waals surface area contributed by atoms with Crippen molar-refractivity contribution in [2.24, 2.45) is 0 Å². The lowest BCUT2D eigenvalue weighted by Gasteiger charge is -2.14. The van der Waals surface area contributed by atoms with Crippen LogP contribution in [0.1, 0.15) is 21.5 Å². The molecule has 162 valence electrons. The summed E-state index contributed by atoms with van der Waals surface area (Å²) in [6.45, 7) is 3.73. The number of methoxy groups -OCH3 is 2. The molecule has 2 aromatic heterocycles. The number of aromatic nitrogens is 1. The van der Waals surface area contributed by atoms with Gasteiger partial charge in [-0.2, -0.15) is 0 Å². The lowest BCUT2D eigenvalue weighted by atomic mass is 10.0. The molecule has 0 unspecified atom stereocenters. The molecule has 32 heavy (non-hydrogen) atoms.